The lowest BCUT2D eigenvalue weighted by Crippen LogP contribution is -2.29. The Hall–Kier alpha value is -2.57. The Labute approximate surface area is 196 Å². The maximum atomic E-state index is 11.1. The number of hydrogen-bond acceptors (Lipinski definition) is 5. The van der Waals surface area contributed by atoms with E-state index in [2.05, 4.69) is 27.7 Å². The van der Waals surface area contributed by atoms with Crippen molar-refractivity contribution in [2.75, 3.05) is 19.8 Å². The number of fused-ring (bicyclic) bond motifs is 1. The summed E-state index contributed by atoms with van der Waals surface area (Å²) in [7, 11) is 0. The van der Waals surface area contributed by atoms with Gasteiger partial charge in [-0.2, -0.15) is 0 Å². The molecule has 1 aliphatic rings. The summed E-state index contributed by atoms with van der Waals surface area (Å²) in [5.74, 6) is 1.32. The fourth-order valence-corrected chi connectivity index (χ4v) is 3.80. The molecule has 180 valence electrons. The number of aliphatic carboxylic acids is 1. The van der Waals surface area contributed by atoms with Crippen LogP contribution in [-0.4, -0.2) is 37.0 Å². The minimum atomic E-state index is -0.976. The van der Waals surface area contributed by atoms with Crippen LogP contribution in [0, 0.1) is 11.8 Å². The summed E-state index contributed by atoms with van der Waals surface area (Å²) in [6.07, 6.45) is 0.630. The number of hydrogen-bond donors (Lipinski definition) is 1. The molecule has 1 N–H and O–H groups in total. The van der Waals surface area contributed by atoms with E-state index in [1.165, 1.54) is 0 Å². The standard InChI is InChI=1S/C27H36O6/c1-18(2)14-30-21-10-24-23(25(12-21)32-15-19(3)4)11-22(31-17-27(28)29)13-26(24)33-16-20-8-6-5-7-9-20/h5-10,12,18-19,22,26H,11,13-17H2,1-4H3,(H,28,29)/t22-,26+/m1/s1. The fraction of sp³-hybridized carbons (Fsp3) is 0.519. The largest absolute Gasteiger partial charge is 0.493 e. The Kier molecular flexibility index (Phi) is 9.15. The summed E-state index contributed by atoms with van der Waals surface area (Å²) < 4.78 is 24.3. The van der Waals surface area contributed by atoms with E-state index in [0.717, 1.165) is 28.2 Å². The first-order chi connectivity index (χ1) is 15.8. The van der Waals surface area contributed by atoms with Crippen molar-refractivity contribution < 1.29 is 28.8 Å². The van der Waals surface area contributed by atoms with Crippen LogP contribution in [0.15, 0.2) is 42.5 Å². The molecular weight excluding hydrogens is 420 g/mol. The predicted octanol–water partition coefficient (Wildman–Crippen LogP) is 5.43. The molecule has 0 radical (unpaired) electrons. The molecule has 6 heteroatoms. The minimum Gasteiger partial charge on any atom is -0.493 e. The average molecular weight is 457 g/mol. The van der Waals surface area contributed by atoms with E-state index in [9.17, 15) is 4.79 Å². The van der Waals surface area contributed by atoms with Crippen LogP contribution >= 0.6 is 0 Å². The van der Waals surface area contributed by atoms with Gasteiger partial charge < -0.3 is 24.1 Å². The zero-order valence-electron chi connectivity index (χ0n) is 20.1. The molecule has 0 saturated heterocycles. The van der Waals surface area contributed by atoms with Crippen LogP contribution in [0.2, 0.25) is 0 Å². The average Bonchev–Trinajstić information content (AvgIpc) is 2.79. The third kappa shape index (κ3) is 7.76. The topological polar surface area (TPSA) is 74.2 Å². The Balaban J connectivity index is 1.91. The van der Waals surface area contributed by atoms with Crippen molar-refractivity contribution in [2.24, 2.45) is 11.8 Å². The number of carbonyl (C=O) groups is 1. The molecular formula is C27H36O6. The predicted molar refractivity (Wildman–Crippen MR) is 127 cm³/mol. The second kappa shape index (κ2) is 12.1. The fourth-order valence-electron chi connectivity index (χ4n) is 3.80. The van der Waals surface area contributed by atoms with E-state index in [0.29, 0.717) is 44.5 Å². The molecule has 2 aromatic carbocycles. The molecule has 1 aliphatic carbocycles. The summed E-state index contributed by atoms with van der Waals surface area (Å²) in [6.45, 7) is 9.76. The van der Waals surface area contributed by atoms with Crippen LogP contribution in [0.3, 0.4) is 0 Å². The molecule has 2 aromatic rings. The lowest BCUT2D eigenvalue weighted by Gasteiger charge is -2.33. The highest BCUT2D eigenvalue weighted by molar-refractivity contribution is 5.68. The van der Waals surface area contributed by atoms with Gasteiger partial charge in [0.2, 0.25) is 0 Å². The summed E-state index contributed by atoms with van der Waals surface area (Å²) in [5.41, 5.74) is 3.12. The molecule has 0 amide bonds. The Bertz CT molecular complexity index is 893. The summed E-state index contributed by atoms with van der Waals surface area (Å²) in [5, 5.41) is 9.10. The Morgan fingerprint density at radius 3 is 2.36 bits per heavy atom. The number of carboxylic acid groups (broad SMARTS) is 1. The molecule has 0 aromatic heterocycles. The van der Waals surface area contributed by atoms with Gasteiger partial charge in [0.15, 0.2) is 0 Å². The first-order valence-electron chi connectivity index (χ1n) is 11.7. The molecule has 6 nitrogen and oxygen atoms in total. The van der Waals surface area contributed by atoms with Crippen molar-refractivity contribution >= 4 is 5.97 Å². The number of benzene rings is 2. The zero-order valence-corrected chi connectivity index (χ0v) is 20.1. The van der Waals surface area contributed by atoms with Gasteiger partial charge in [0.1, 0.15) is 18.1 Å². The SMILES string of the molecule is CC(C)COc1cc(OCC(C)C)c2c(c1)[C@@H](OCc1ccccc1)C[C@H](OCC(=O)O)C2. The van der Waals surface area contributed by atoms with Crippen molar-refractivity contribution in [1.82, 2.24) is 0 Å². The van der Waals surface area contributed by atoms with Crippen LogP contribution in [0.4, 0.5) is 0 Å². The van der Waals surface area contributed by atoms with Gasteiger partial charge >= 0.3 is 5.97 Å². The monoisotopic (exact) mass is 456 g/mol. The van der Waals surface area contributed by atoms with Crippen LogP contribution in [0.25, 0.3) is 0 Å². The lowest BCUT2D eigenvalue weighted by molar-refractivity contribution is -0.145. The smallest absolute Gasteiger partial charge is 0.329 e. The van der Waals surface area contributed by atoms with Crippen molar-refractivity contribution in [3.8, 4) is 11.5 Å². The second-order valence-corrected chi connectivity index (χ2v) is 9.45. The lowest BCUT2D eigenvalue weighted by atomic mass is 9.86. The van der Waals surface area contributed by atoms with Gasteiger partial charge in [-0.3, -0.25) is 0 Å². The van der Waals surface area contributed by atoms with Crippen molar-refractivity contribution in [3.05, 3.63) is 59.2 Å². The van der Waals surface area contributed by atoms with Crippen molar-refractivity contribution in [1.29, 1.82) is 0 Å². The maximum absolute atomic E-state index is 11.1. The molecule has 0 heterocycles. The van der Waals surface area contributed by atoms with Crippen molar-refractivity contribution in [3.63, 3.8) is 0 Å². The second-order valence-electron chi connectivity index (χ2n) is 9.45. The Morgan fingerprint density at radius 1 is 1.00 bits per heavy atom. The molecule has 0 spiro atoms. The first-order valence-corrected chi connectivity index (χ1v) is 11.7. The van der Waals surface area contributed by atoms with Crippen LogP contribution in [0.1, 0.15) is 56.9 Å². The quantitative estimate of drug-likeness (QED) is 0.459. The van der Waals surface area contributed by atoms with E-state index in [1.807, 2.05) is 42.5 Å². The summed E-state index contributed by atoms with van der Waals surface area (Å²) >= 11 is 0. The van der Waals surface area contributed by atoms with Gasteiger partial charge in [-0.25, -0.2) is 4.79 Å². The molecule has 0 saturated carbocycles. The van der Waals surface area contributed by atoms with Crippen LogP contribution < -0.4 is 9.47 Å². The maximum Gasteiger partial charge on any atom is 0.329 e. The van der Waals surface area contributed by atoms with E-state index < -0.39 is 5.97 Å². The number of ether oxygens (including phenoxy) is 4. The van der Waals surface area contributed by atoms with Gasteiger partial charge in [0, 0.05) is 24.5 Å². The normalized spacial score (nSPS) is 17.8. The van der Waals surface area contributed by atoms with E-state index in [4.69, 9.17) is 24.1 Å². The highest BCUT2D eigenvalue weighted by Crippen LogP contribution is 2.42. The van der Waals surface area contributed by atoms with E-state index in [-0.39, 0.29) is 18.8 Å². The molecule has 3 rings (SSSR count). The first kappa shape index (κ1) is 25.1. The van der Waals surface area contributed by atoms with E-state index in [1.54, 1.807) is 0 Å². The van der Waals surface area contributed by atoms with Crippen molar-refractivity contribution in [2.45, 2.75) is 59.4 Å². The highest BCUT2D eigenvalue weighted by atomic mass is 16.5. The van der Waals surface area contributed by atoms with Gasteiger partial charge in [-0.15, -0.1) is 0 Å². The molecule has 2 atom stereocenters. The zero-order chi connectivity index (χ0) is 23.8. The molecule has 0 aliphatic heterocycles. The third-order valence-electron chi connectivity index (χ3n) is 5.36. The molecule has 0 unspecified atom stereocenters. The van der Waals surface area contributed by atoms with Crippen LogP contribution in [0.5, 0.6) is 11.5 Å². The molecule has 0 bridgehead atoms. The van der Waals surface area contributed by atoms with Gasteiger partial charge in [0.25, 0.3) is 0 Å². The highest BCUT2D eigenvalue weighted by Gasteiger charge is 2.32. The number of carboxylic acids is 1. The summed E-state index contributed by atoms with van der Waals surface area (Å²) in [4.78, 5) is 11.1. The van der Waals surface area contributed by atoms with Gasteiger partial charge in [-0.05, 0) is 29.0 Å². The summed E-state index contributed by atoms with van der Waals surface area (Å²) in [6, 6.07) is 14.0. The third-order valence-corrected chi connectivity index (χ3v) is 5.36. The molecule has 0 fully saturated rings. The Morgan fingerprint density at radius 2 is 1.70 bits per heavy atom. The molecule has 33 heavy (non-hydrogen) atoms. The van der Waals surface area contributed by atoms with Crippen LogP contribution in [-0.2, 0) is 27.3 Å². The minimum absolute atomic E-state index is 0.253. The van der Waals surface area contributed by atoms with Gasteiger partial charge in [0.05, 0.1) is 32.0 Å². The number of rotatable bonds is 12. The van der Waals surface area contributed by atoms with E-state index >= 15 is 0 Å². The van der Waals surface area contributed by atoms with Gasteiger partial charge in [-0.1, -0.05) is 58.0 Å².